The SMILES string of the molecule is CCCCCC(O)C=C[C@@H]1[C@@H]2CC(CCOCC(=O)OCCO)C[C@H]2C[C@H]1O. The van der Waals surface area contributed by atoms with Crippen LogP contribution in [0.1, 0.15) is 58.3 Å². The minimum absolute atomic E-state index is 0.0126. The van der Waals surface area contributed by atoms with E-state index in [-0.39, 0.29) is 31.8 Å². The van der Waals surface area contributed by atoms with Crippen LogP contribution in [-0.2, 0) is 14.3 Å². The van der Waals surface area contributed by atoms with E-state index in [9.17, 15) is 15.0 Å². The van der Waals surface area contributed by atoms with Crippen LogP contribution >= 0.6 is 0 Å². The minimum Gasteiger partial charge on any atom is -0.462 e. The summed E-state index contributed by atoms with van der Waals surface area (Å²) in [6, 6.07) is 0. The molecule has 0 bridgehead atoms. The van der Waals surface area contributed by atoms with Crippen molar-refractivity contribution in [2.75, 3.05) is 26.4 Å². The van der Waals surface area contributed by atoms with Gasteiger partial charge in [-0.3, -0.25) is 0 Å². The number of aliphatic hydroxyl groups is 3. The topological polar surface area (TPSA) is 96.2 Å². The molecule has 0 aliphatic heterocycles. The van der Waals surface area contributed by atoms with Crippen LogP contribution in [0.25, 0.3) is 0 Å². The van der Waals surface area contributed by atoms with E-state index in [0.29, 0.717) is 24.4 Å². The summed E-state index contributed by atoms with van der Waals surface area (Å²) in [5.41, 5.74) is 0. The van der Waals surface area contributed by atoms with Crippen molar-refractivity contribution in [2.45, 2.75) is 70.5 Å². The van der Waals surface area contributed by atoms with E-state index >= 15 is 0 Å². The van der Waals surface area contributed by atoms with Gasteiger partial charge in [0, 0.05) is 12.5 Å². The monoisotopic (exact) mass is 398 g/mol. The Bertz CT molecular complexity index is 480. The molecule has 2 rings (SSSR count). The van der Waals surface area contributed by atoms with Gasteiger partial charge in [0.15, 0.2) is 0 Å². The van der Waals surface area contributed by atoms with E-state index in [1.54, 1.807) is 0 Å². The number of hydrogen-bond donors (Lipinski definition) is 3. The number of fused-ring (bicyclic) bond motifs is 1. The predicted molar refractivity (Wildman–Crippen MR) is 107 cm³/mol. The number of ether oxygens (including phenoxy) is 2. The quantitative estimate of drug-likeness (QED) is 0.251. The first kappa shape index (κ1) is 23.3. The highest BCUT2D eigenvalue weighted by molar-refractivity contribution is 5.70. The minimum atomic E-state index is -0.442. The largest absolute Gasteiger partial charge is 0.462 e. The van der Waals surface area contributed by atoms with E-state index in [2.05, 4.69) is 13.0 Å². The Morgan fingerprint density at radius 3 is 2.79 bits per heavy atom. The van der Waals surface area contributed by atoms with Crippen LogP contribution in [0.2, 0.25) is 0 Å². The van der Waals surface area contributed by atoms with Gasteiger partial charge in [0.2, 0.25) is 0 Å². The molecular formula is C22H38O6. The molecule has 0 saturated heterocycles. The predicted octanol–water partition coefficient (Wildman–Crippen LogP) is 2.45. The molecule has 2 saturated carbocycles. The van der Waals surface area contributed by atoms with Gasteiger partial charge in [-0.15, -0.1) is 0 Å². The number of esters is 1. The number of aliphatic hydroxyl groups excluding tert-OH is 3. The Morgan fingerprint density at radius 2 is 2.04 bits per heavy atom. The highest BCUT2D eigenvalue weighted by atomic mass is 16.6. The van der Waals surface area contributed by atoms with Crippen LogP contribution in [0.4, 0.5) is 0 Å². The van der Waals surface area contributed by atoms with Gasteiger partial charge in [0.25, 0.3) is 0 Å². The van der Waals surface area contributed by atoms with Gasteiger partial charge in [-0.05, 0) is 49.9 Å². The molecule has 0 aromatic heterocycles. The fraction of sp³-hybridized carbons (Fsp3) is 0.864. The molecule has 0 heterocycles. The first-order valence-electron chi connectivity index (χ1n) is 10.9. The molecule has 162 valence electrons. The van der Waals surface area contributed by atoms with Gasteiger partial charge in [0.1, 0.15) is 13.2 Å². The molecule has 6 nitrogen and oxygen atoms in total. The number of carbonyl (C=O) groups is 1. The summed E-state index contributed by atoms with van der Waals surface area (Å²) in [7, 11) is 0. The summed E-state index contributed by atoms with van der Waals surface area (Å²) < 4.78 is 10.2. The lowest BCUT2D eigenvalue weighted by atomic mass is 9.89. The maximum atomic E-state index is 11.3. The molecule has 2 aliphatic carbocycles. The highest BCUT2D eigenvalue weighted by Gasteiger charge is 2.46. The summed E-state index contributed by atoms with van der Waals surface area (Å²) in [4.78, 5) is 11.3. The summed E-state index contributed by atoms with van der Waals surface area (Å²) in [6.45, 7) is 2.45. The molecule has 6 heteroatoms. The third-order valence-electron chi connectivity index (χ3n) is 6.23. The molecule has 0 aromatic carbocycles. The average molecular weight is 399 g/mol. The van der Waals surface area contributed by atoms with E-state index in [1.807, 2.05) is 6.08 Å². The zero-order valence-corrected chi connectivity index (χ0v) is 17.2. The molecule has 28 heavy (non-hydrogen) atoms. The standard InChI is InChI=1S/C22H38O6/c1-2-3-4-5-18(24)6-7-19-20-13-16(12-17(20)14-21(19)25)8-10-27-15-22(26)28-11-9-23/h6-7,16-21,23-25H,2-5,8-15H2,1H3/t16?,17-,18?,19+,20+,21+/m0/s1. The molecule has 0 radical (unpaired) electrons. The zero-order valence-electron chi connectivity index (χ0n) is 17.2. The lowest BCUT2D eigenvalue weighted by molar-refractivity contribution is -0.150. The fourth-order valence-corrected chi connectivity index (χ4v) is 4.84. The van der Waals surface area contributed by atoms with Crippen LogP contribution in [0.15, 0.2) is 12.2 Å². The van der Waals surface area contributed by atoms with Crippen molar-refractivity contribution in [3.63, 3.8) is 0 Å². The van der Waals surface area contributed by atoms with Gasteiger partial charge in [-0.2, -0.15) is 0 Å². The molecule has 6 atom stereocenters. The maximum absolute atomic E-state index is 11.3. The molecule has 3 N–H and O–H groups in total. The van der Waals surface area contributed by atoms with Gasteiger partial charge < -0.3 is 24.8 Å². The van der Waals surface area contributed by atoms with E-state index in [1.165, 1.54) is 0 Å². The summed E-state index contributed by atoms with van der Waals surface area (Å²) >= 11 is 0. The lowest BCUT2D eigenvalue weighted by Crippen LogP contribution is -2.19. The Balaban J connectivity index is 1.69. The van der Waals surface area contributed by atoms with Crippen molar-refractivity contribution < 1.29 is 29.6 Å². The number of unbranched alkanes of at least 4 members (excludes halogenated alkanes) is 2. The summed E-state index contributed by atoms with van der Waals surface area (Å²) in [5.74, 6) is 1.28. The van der Waals surface area contributed by atoms with Crippen molar-refractivity contribution in [1.29, 1.82) is 0 Å². The molecular weight excluding hydrogens is 360 g/mol. The van der Waals surface area contributed by atoms with Crippen LogP contribution in [0.3, 0.4) is 0 Å². The van der Waals surface area contributed by atoms with E-state index in [0.717, 1.165) is 51.4 Å². The fourth-order valence-electron chi connectivity index (χ4n) is 4.84. The first-order chi connectivity index (χ1) is 13.5. The first-order valence-corrected chi connectivity index (χ1v) is 10.9. The lowest BCUT2D eigenvalue weighted by Gasteiger charge is -2.19. The Hall–Kier alpha value is -0.950. The van der Waals surface area contributed by atoms with Crippen LogP contribution in [0.5, 0.6) is 0 Å². The van der Waals surface area contributed by atoms with Crippen LogP contribution < -0.4 is 0 Å². The second kappa shape index (κ2) is 12.6. The van der Waals surface area contributed by atoms with Crippen LogP contribution in [0, 0.1) is 23.7 Å². The zero-order chi connectivity index (χ0) is 20.4. The van der Waals surface area contributed by atoms with Gasteiger partial charge >= 0.3 is 5.97 Å². The smallest absolute Gasteiger partial charge is 0.332 e. The van der Waals surface area contributed by atoms with E-state index in [4.69, 9.17) is 14.6 Å². The Kier molecular flexibility index (Phi) is 10.5. The van der Waals surface area contributed by atoms with Gasteiger partial charge in [-0.25, -0.2) is 4.79 Å². The van der Waals surface area contributed by atoms with Crippen molar-refractivity contribution in [3.8, 4) is 0 Å². The second-order valence-electron chi connectivity index (χ2n) is 8.38. The normalized spacial score (nSPS) is 30.6. The maximum Gasteiger partial charge on any atom is 0.332 e. The second-order valence-corrected chi connectivity index (χ2v) is 8.38. The molecule has 2 fully saturated rings. The molecule has 2 unspecified atom stereocenters. The number of carbonyl (C=O) groups excluding carboxylic acids is 1. The van der Waals surface area contributed by atoms with E-state index < -0.39 is 12.1 Å². The van der Waals surface area contributed by atoms with Crippen molar-refractivity contribution in [3.05, 3.63) is 12.2 Å². The van der Waals surface area contributed by atoms with Gasteiger partial charge in [0.05, 0.1) is 18.8 Å². The van der Waals surface area contributed by atoms with Crippen molar-refractivity contribution >= 4 is 5.97 Å². The molecule has 0 amide bonds. The third kappa shape index (κ3) is 7.47. The molecule has 0 spiro atoms. The van der Waals surface area contributed by atoms with Crippen molar-refractivity contribution in [2.24, 2.45) is 23.7 Å². The molecule has 0 aromatic rings. The summed E-state index contributed by atoms with van der Waals surface area (Å²) in [5, 5.41) is 29.2. The summed E-state index contributed by atoms with van der Waals surface area (Å²) in [6.07, 6.45) is 11.3. The van der Waals surface area contributed by atoms with Crippen molar-refractivity contribution in [1.82, 2.24) is 0 Å². The van der Waals surface area contributed by atoms with Gasteiger partial charge in [-0.1, -0.05) is 38.3 Å². The number of rotatable bonds is 13. The van der Waals surface area contributed by atoms with Crippen LogP contribution in [-0.4, -0.2) is 59.9 Å². The number of hydrogen-bond acceptors (Lipinski definition) is 6. The molecule has 2 aliphatic rings. The third-order valence-corrected chi connectivity index (χ3v) is 6.23. The highest BCUT2D eigenvalue weighted by Crippen LogP contribution is 2.51. The Morgan fingerprint density at radius 1 is 1.21 bits per heavy atom. The average Bonchev–Trinajstić information content (AvgIpc) is 3.18. The Labute approximate surface area is 168 Å².